The van der Waals surface area contributed by atoms with E-state index >= 15 is 0 Å². The van der Waals surface area contributed by atoms with Crippen LogP contribution in [0.25, 0.3) is 0 Å². The Hall–Kier alpha value is -1.56. The first-order chi connectivity index (χ1) is 5.11. The fraction of sp³-hybridized carbons (Fsp3) is 0.200. The van der Waals surface area contributed by atoms with Crippen molar-refractivity contribution < 1.29 is 19.3 Å². The number of rotatable bonds is 2. The van der Waals surface area contributed by atoms with Crippen LogP contribution in [0.15, 0.2) is 12.7 Å². The van der Waals surface area contributed by atoms with Gasteiger partial charge in [0.2, 0.25) is 0 Å². The van der Waals surface area contributed by atoms with Crippen LogP contribution in [-0.4, -0.2) is 24.3 Å². The van der Waals surface area contributed by atoms with E-state index in [0.29, 0.717) is 0 Å². The van der Waals surface area contributed by atoms with Crippen molar-refractivity contribution in [3.8, 4) is 0 Å². The van der Waals surface area contributed by atoms with Gasteiger partial charge in [0.05, 0.1) is 7.11 Å². The fourth-order valence-electron chi connectivity index (χ4n) is 0.291. The van der Waals surface area contributed by atoms with Crippen LogP contribution in [0.5, 0.6) is 0 Å². The van der Waals surface area contributed by atoms with Crippen LogP contribution in [0.2, 0.25) is 0 Å². The van der Waals surface area contributed by atoms with Crippen LogP contribution in [0, 0.1) is 0 Å². The Morgan fingerprint density at radius 1 is 1.64 bits per heavy atom. The second kappa shape index (κ2) is 4.29. The molecule has 0 bridgehead atoms. The SMILES string of the molecule is C=CC(=O)ON(OC)C(N)=O. The van der Waals surface area contributed by atoms with Crippen molar-refractivity contribution in [2.45, 2.75) is 0 Å². The summed E-state index contributed by atoms with van der Waals surface area (Å²) in [5.74, 6) is -0.828. The summed E-state index contributed by atoms with van der Waals surface area (Å²) >= 11 is 0. The third-order valence-electron chi connectivity index (χ3n) is 0.685. The molecular weight excluding hydrogens is 152 g/mol. The van der Waals surface area contributed by atoms with Gasteiger partial charge in [-0.2, -0.15) is 0 Å². The number of carbonyl (C=O) groups excluding carboxylic acids is 2. The van der Waals surface area contributed by atoms with Crippen LogP contribution in [0.4, 0.5) is 4.79 Å². The number of urea groups is 1. The lowest BCUT2D eigenvalue weighted by molar-refractivity contribution is -0.289. The van der Waals surface area contributed by atoms with E-state index < -0.39 is 12.0 Å². The van der Waals surface area contributed by atoms with Gasteiger partial charge in [-0.05, 0) is 5.23 Å². The molecule has 0 fully saturated rings. The summed E-state index contributed by atoms with van der Waals surface area (Å²) in [5, 5.41) is 0.240. The Labute approximate surface area is 63.1 Å². The maximum Gasteiger partial charge on any atom is 0.374 e. The molecule has 0 aromatic heterocycles. The molecular formula is C5H8N2O4. The van der Waals surface area contributed by atoms with Crippen molar-refractivity contribution in [1.82, 2.24) is 5.23 Å². The zero-order chi connectivity index (χ0) is 8.85. The number of carbonyl (C=O) groups is 2. The Bertz CT molecular complexity index is 179. The van der Waals surface area contributed by atoms with E-state index in [1.54, 1.807) is 0 Å². The van der Waals surface area contributed by atoms with E-state index in [4.69, 9.17) is 5.73 Å². The predicted octanol–water partition coefficient (Wildman–Crippen LogP) is -0.427. The summed E-state index contributed by atoms with van der Waals surface area (Å²) in [7, 11) is 1.13. The minimum Gasteiger partial charge on any atom is -0.347 e. The van der Waals surface area contributed by atoms with Gasteiger partial charge in [0.15, 0.2) is 0 Å². The second-order valence-electron chi connectivity index (χ2n) is 1.39. The lowest BCUT2D eigenvalue weighted by atomic mass is 10.7. The van der Waals surface area contributed by atoms with Crippen molar-refractivity contribution in [2.75, 3.05) is 7.11 Å². The van der Waals surface area contributed by atoms with Crippen molar-refractivity contribution in [3.63, 3.8) is 0 Å². The summed E-state index contributed by atoms with van der Waals surface area (Å²) in [4.78, 5) is 29.2. The van der Waals surface area contributed by atoms with Crippen LogP contribution < -0.4 is 5.73 Å². The van der Waals surface area contributed by atoms with Crippen LogP contribution in [-0.2, 0) is 14.5 Å². The monoisotopic (exact) mass is 160 g/mol. The van der Waals surface area contributed by atoms with Gasteiger partial charge in [-0.1, -0.05) is 6.58 Å². The highest BCUT2D eigenvalue weighted by molar-refractivity contribution is 5.82. The molecule has 6 heteroatoms. The normalized spacial score (nSPS) is 8.45. The summed E-state index contributed by atoms with van der Waals surface area (Å²) in [6.45, 7) is 3.10. The number of nitrogens with two attached hydrogens (primary N) is 1. The highest BCUT2D eigenvalue weighted by Gasteiger charge is 2.12. The Balaban J connectivity index is 3.97. The third kappa shape index (κ3) is 3.21. The largest absolute Gasteiger partial charge is 0.374 e. The predicted molar refractivity (Wildman–Crippen MR) is 34.7 cm³/mol. The van der Waals surface area contributed by atoms with Gasteiger partial charge in [0.1, 0.15) is 0 Å². The lowest BCUT2D eigenvalue weighted by Gasteiger charge is -2.12. The van der Waals surface area contributed by atoms with Gasteiger partial charge < -0.3 is 10.6 Å². The van der Waals surface area contributed by atoms with E-state index in [0.717, 1.165) is 13.2 Å². The molecule has 11 heavy (non-hydrogen) atoms. The van der Waals surface area contributed by atoms with Gasteiger partial charge >= 0.3 is 12.0 Å². The lowest BCUT2D eigenvalue weighted by Crippen LogP contribution is -2.36. The molecule has 0 aliphatic carbocycles. The maximum absolute atomic E-state index is 10.4. The molecule has 0 aromatic rings. The highest BCUT2D eigenvalue weighted by Crippen LogP contribution is 1.90. The van der Waals surface area contributed by atoms with Crippen LogP contribution in [0.1, 0.15) is 0 Å². The number of hydrogen-bond donors (Lipinski definition) is 1. The first-order valence-corrected chi connectivity index (χ1v) is 2.59. The van der Waals surface area contributed by atoms with E-state index in [9.17, 15) is 9.59 Å². The summed E-state index contributed by atoms with van der Waals surface area (Å²) in [6.07, 6.45) is 0.870. The smallest absolute Gasteiger partial charge is 0.347 e. The average molecular weight is 160 g/mol. The molecule has 0 radical (unpaired) electrons. The maximum atomic E-state index is 10.4. The first-order valence-electron chi connectivity index (χ1n) is 2.59. The molecule has 2 N–H and O–H groups in total. The zero-order valence-electron chi connectivity index (χ0n) is 5.94. The van der Waals surface area contributed by atoms with E-state index in [2.05, 4.69) is 16.3 Å². The molecule has 0 saturated carbocycles. The number of nitrogens with zero attached hydrogens (tertiary/aromatic N) is 1. The van der Waals surface area contributed by atoms with Crippen LogP contribution in [0.3, 0.4) is 0 Å². The third-order valence-corrected chi connectivity index (χ3v) is 0.685. The molecule has 0 aliphatic rings. The first kappa shape index (κ1) is 9.44. The molecule has 0 spiro atoms. The standard InChI is InChI=1S/C5H8N2O4/c1-3-4(8)11-7(10-2)5(6)9/h3H,1H2,2H3,(H2,6,9). The van der Waals surface area contributed by atoms with Gasteiger partial charge in [0.25, 0.3) is 0 Å². The van der Waals surface area contributed by atoms with Gasteiger partial charge in [0, 0.05) is 6.08 Å². The molecule has 0 saturated heterocycles. The van der Waals surface area contributed by atoms with Crippen molar-refractivity contribution in [3.05, 3.63) is 12.7 Å². The number of hydroxylamine groups is 2. The van der Waals surface area contributed by atoms with Crippen molar-refractivity contribution in [2.24, 2.45) is 5.73 Å². The minimum atomic E-state index is -1.03. The van der Waals surface area contributed by atoms with E-state index in [-0.39, 0.29) is 5.23 Å². The van der Waals surface area contributed by atoms with E-state index in [1.165, 1.54) is 0 Å². The van der Waals surface area contributed by atoms with E-state index in [1.807, 2.05) is 0 Å². The molecule has 6 nitrogen and oxygen atoms in total. The topological polar surface area (TPSA) is 81.9 Å². The summed E-state index contributed by atoms with van der Waals surface area (Å²) < 4.78 is 0. The van der Waals surface area contributed by atoms with Crippen molar-refractivity contribution >= 4 is 12.0 Å². The Kier molecular flexibility index (Phi) is 3.68. The van der Waals surface area contributed by atoms with Gasteiger partial charge in [-0.25, -0.2) is 14.4 Å². The molecule has 0 atom stereocenters. The molecule has 2 amide bonds. The number of hydrogen-bond acceptors (Lipinski definition) is 4. The van der Waals surface area contributed by atoms with Gasteiger partial charge in [-0.3, -0.25) is 0 Å². The number of primary amides is 1. The fourth-order valence-corrected chi connectivity index (χ4v) is 0.291. The zero-order valence-corrected chi connectivity index (χ0v) is 5.94. The summed E-state index contributed by atoms with van der Waals surface area (Å²) in [6, 6.07) is -1.03. The van der Waals surface area contributed by atoms with Crippen LogP contribution >= 0.6 is 0 Å². The molecule has 0 heterocycles. The molecule has 62 valence electrons. The Morgan fingerprint density at radius 2 is 2.18 bits per heavy atom. The average Bonchev–Trinajstić information content (AvgIpc) is 1.99. The molecule has 0 aliphatic heterocycles. The molecule has 0 rings (SSSR count). The highest BCUT2D eigenvalue weighted by atomic mass is 17.0. The second-order valence-corrected chi connectivity index (χ2v) is 1.39. The quantitative estimate of drug-likeness (QED) is 0.439. The molecule has 0 unspecified atom stereocenters. The van der Waals surface area contributed by atoms with Crippen molar-refractivity contribution in [1.29, 1.82) is 0 Å². The summed E-state index contributed by atoms with van der Waals surface area (Å²) in [5.41, 5.74) is 4.70. The van der Waals surface area contributed by atoms with Gasteiger partial charge in [-0.15, -0.1) is 0 Å². The Morgan fingerprint density at radius 3 is 2.45 bits per heavy atom. The molecule has 0 aromatic carbocycles. The minimum absolute atomic E-state index is 0.240. The number of amides is 2.